The molecule has 1 unspecified atom stereocenters. The van der Waals surface area contributed by atoms with Crippen molar-refractivity contribution >= 4 is 17.5 Å². The van der Waals surface area contributed by atoms with Gasteiger partial charge in [0.25, 0.3) is 0 Å². The van der Waals surface area contributed by atoms with Crippen LogP contribution < -0.4 is 5.32 Å². The minimum absolute atomic E-state index is 0.0591. The Morgan fingerprint density at radius 1 is 1.45 bits per heavy atom. The van der Waals surface area contributed by atoms with Crippen molar-refractivity contribution in [1.82, 2.24) is 10.2 Å². The number of carbonyl (C=O) groups excluding carboxylic acids is 1. The van der Waals surface area contributed by atoms with E-state index in [1.165, 1.54) is 0 Å². The maximum absolute atomic E-state index is 12.1. The zero-order valence-corrected chi connectivity index (χ0v) is 12.5. The lowest BCUT2D eigenvalue weighted by molar-refractivity contribution is -0.138. The number of amides is 1. The van der Waals surface area contributed by atoms with Crippen LogP contribution in [0.25, 0.3) is 0 Å². The normalized spacial score (nSPS) is 19.1. The van der Waals surface area contributed by atoms with Gasteiger partial charge in [0.1, 0.15) is 6.10 Å². The highest BCUT2D eigenvalue weighted by atomic mass is 35.5. The lowest BCUT2D eigenvalue weighted by Crippen LogP contribution is -2.45. The average molecular weight is 297 g/mol. The number of morpholine rings is 1. The predicted molar refractivity (Wildman–Crippen MR) is 79.9 cm³/mol. The van der Waals surface area contributed by atoms with E-state index in [9.17, 15) is 4.79 Å². The van der Waals surface area contributed by atoms with E-state index in [2.05, 4.69) is 12.2 Å². The third-order valence-electron chi connectivity index (χ3n) is 3.36. The molecule has 1 aliphatic rings. The Balaban J connectivity index is 1.91. The highest BCUT2D eigenvalue weighted by Gasteiger charge is 2.24. The summed E-state index contributed by atoms with van der Waals surface area (Å²) in [5.74, 6) is 0.140. The number of hydrogen-bond acceptors (Lipinski definition) is 3. The molecular weight excluding hydrogens is 276 g/mol. The van der Waals surface area contributed by atoms with Gasteiger partial charge in [0.15, 0.2) is 0 Å². The predicted octanol–water partition coefficient (Wildman–Crippen LogP) is 2.24. The fourth-order valence-electron chi connectivity index (χ4n) is 2.24. The number of benzene rings is 1. The molecule has 1 aromatic rings. The summed E-state index contributed by atoms with van der Waals surface area (Å²) in [5, 5.41) is 3.85. The summed E-state index contributed by atoms with van der Waals surface area (Å²) in [6.45, 7) is 5.21. The summed E-state index contributed by atoms with van der Waals surface area (Å²) >= 11 is 5.89. The van der Waals surface area contributed by atoms with Gasteiger partial charge in [-0.25, -0.2) is 0 Å². The van der Waals surface area contributed by atoms with Crippen LogP contribution in [-0.2, 0) is 9.53 Å². The van der Waals surface area contributed by atoms with Crippen molar-refractivity contribution in [3.63, 3.8) is 0 Å². The molecule has 2 rings (SSSR count). The first-order valence-corrected chi connectivity index (χ1v) is 7.44. The molecule has 0 radical (unpaired) electrons. The number of hydrogen-bond donors (Lipinski definition) is 1. The van der Waals surface area contributed by atoms with Gasteiger partial charge >= 0.3 is 0 Å². The van der Waals surface area contributed by atoms with Gasteiger partial charge in [-0.2, -0.15) is 0 Å². The SMILES string of the molecule is CCCNCC(=O)N1CCOC(c2ccc(Cl)cc2)C1. The fourth-order valence-corrected chi connectivity index (χ4v) is 2.36. The number of nitrogens with one attached hydrogen (secondary N) is 1. The molecule has 110 valence electrons. The molecule has 1 heterocycles. The number of halogens is 1. The lowest BCUT2D eigenvalue weighted by atomic mass is 10.1. The quantitative estimate of drug-likeness (QED) is 0.847. The van der Waals surface area contributed by atoms with Crippen LogP contribution in [0.2, 0.25) is 5.02 Å². The van der Waals surface area contributed by atoms with E-state index in [1.807, 2.05) is 29.2 Å². The van der Waals surface area contributed by atoms with Crippen molar-refractivity contribution < 1.29 is 9.53 Å². The molecule has 0 spiro atoms. The van der Waals surface area contributed by atoms with Crippen LogP contribution in [0.3, 0.4) is 0 Å². The van der Waals surface area contributed by atoms with Crippen molar-refractivity contribution in [1.29, 1.82) is 0 Å². The molecule has 1 saturated heterocycles. The Bertz CT molecular complexity index is 436. The summed E-state index contributed by atoms with van der Waals surface area (Å²) in [6, 6.07) is 7.61. The average Bonchev–Trinajstić information content (AvgIpc) is 2.48. The van der Waals surface area contributed by atoms with Gasteiger partial charge in [-0.15, -0.1) is 0 Å². The smallest absolute Gasteiger partial charge is 0.236 e. The first-order chi connectivity index (χ1) is 9.70. The lowest BCUT2D eigenvalue weighted by Gasteiger charge is -2.33. The standard InChI is InChI=1S/C15H21ClN2O2/c1-2-7-17-10-15(19)18-8-9-20-14(11-18)12-3-5-13(16)6-4-12/h3-6,14,17H,2,7-11H2,1H3. The summed E-state index contributed by atoms with van der Waals surface area (Å²) in [6.07, 6.45) is 0.972. The van der Waals surface area contributed by atoms with E-state index in [4.69, 9.17) is 16.3 Å². The maximum atomic E-state index is 12.1. The van der Waals surface area contributed by atoms with Gasteiger partial charge in [-0.1, -0.05) is 30.7 Å². The molecule has 1 aliphatic heterocycles. The number of carbonyl (C=O) groups is 1. The second-order valence-corrected chi connectivity index (χ2v) is 5.36. The highest BCUT2D eigenvalue weighted by molar-refractivity contribution is 6.30. The molecule has 0 aromatic heterocycles. The van der Waals surface area contributed by atoms with E-state index >= 15 is 0 Å². The Labute approximate surface area is 125 Å². The molecule has 1 amide bonds. The van der Waals surface area contributed by atoms with Gasteiger partial charge in [0.2, 0.25) is 5.91 Å². The number of nitrogens with zero attached hydrogens (tertiary/aromatic N) is 1. The van der Waals surface area contributed by atoms with Crippen LogP contribution in [0, 0.1) is 0 Å². The third kappa shape index (κ3) is 4.20. The van der Waals surface area contributed by atoms with Crippen molar-refractivity contribution in [3.8, 4) is 0 Å². The number of rotatable bonds is 5. The molecule has 20 heavy (non-hydrogen) atoms. The second-order valence-electron chi connectivity index (χ2n) is 4.93. The van der Waals surface area contributed by atoms with Crippen LogP contribution >= 0.6 is 11.6 Å². The van der Waals surface area contributed by atoms with Crippen LogP contribution in [0.5, 0.6) is 0 Å². The van der Waals surface area contributed by atoms with Crippen molar-refractivity contribution in [2.45, 2.75) is 19.4 Å². The van der Waals surface area contributed by atoms with Crippen molar-refractivity contribution in [2.24, 2.45) is 0 Å². The first-order valence-electron chi connectivity index (χ1n) is 7.06. The molecule has 1 N–H and O–H groups in total. The van der Waals surface area contributed by atoms with E-state index in [0.29, 0.717) is 31.3 Å². The maximum Gasteiger partial charge on any atom is 0.236 e. The zero-order valence-electron chi connectivity index (χ0n) is 11.8. The minimum atomic E-state index is -0.0591. The summed E-state index contributed by atoms with van der Waals surface area (Å²) in [5.41, 5.74) is 1.06. The first kappa shape index (κ1) is 15.3. The van der Waals surface area contributed by atoms with Crippen LogP contribution in [0.15, 0.2) is 24.3 Å². The molecule has 4 nitrogen and oxygen atoms in total. The zero-order chi connectivity index (χ0) is 14.4. The van der Waals surface area contributed by atoms with Crippen LogP contribution in [-0.4, -0.2) is 43.6 Å². The molecule has 0 saturated carbocycles. The molecule has 1 fully saturated rings. The second kappa shape index (κ2) is 7.62. The summed E-state index contributed by atoms with van der Waals surface area (Å²) in [4.78, 5) is 14.0. The third-order valence-corrected chi connectivity index (χ3v) is 3.62. The van der Waals surface area contributed by atoms with E-state index in [1.54, 1.807) is 0 Å². The number of ether oxygens (including phenoxy) is 1. The molecule has 0 bridgehead atoms. The Kier molecular flexibility index (Phi) is 5.83. The summed E-state index contributed by atoms with van der Waals surface area (Å²) < 4.78 is 5.75. The van der Waals surface area contributed by atoms with E-state index in [0.717, 1.165) is 18.5 Å². The van der Waals surface area contributed by atoms with E-state index in [-0.39, 0.29) is 12.0 Å². The van der Waals surface area contributed by atoms with Gasteiger partial charge < -0.3 is 15.0 Å². The van der Waals surface area contributed by atoms with Crippen LogP contribution in [0.1, 0.15) is 25.0 Å². The molecule has 5 heteroatoms. The molecular formula is C15H21ClN2O2. The summed E-state index contributed by atoms with van der Waals surface area (Å²) in [7, 11) is 0. The largest absolute Gasteiger partial charge is 0.370 e. The Morgan fingerprint density at radius 2 is 2.20 bits per heavy atom. The Morgan fingerprint density at radius 3 is 2.90 bits per heavy atom. The molecule has 1 aromatic carbocycles. The van der Waals surface area contributed by atoms with Gasteiger partial charge in [0.05, 0.1) is 19.7 Å². The monoisotopic (exact) mass is 296 g/mol. The molecule has 0 aliphatic carbocycles. The highest BCUT2D eigenvalue weighted by Crippen LogP contribution is 2.23. The van der Waals surface area contributed by atoms with Gasteiger partial charge in [-0.3, -0.25) is 4.79 Å². The van der Waals surface area contributed by atoms with Crippen LogP contribution in [0.4, 0.5) is 0 Å². The van der Waals surface area contributed by atoms with Crippen molar-refractivity contribution in [2.75, 3.05) is 32.8 Å². The minimum Gasteiger partial charge on any atom is -0.370 e. The Hall–Kier alpha value is -1.10. The van der Waals surface area contributed by atoms with Crippen molar-refractivity contribution in [3.05, 3.63) is 34.9 Å². The molecule has 1 atom stereocenters. The topological polar surface area (TPSA) is 41.6 Å². The van der Waals surface area contributed by atoms with Gasteiger partial charge in [-0.05, 0) is 30.7 Å². The van der Waals surface area contributed by atoms with E-state index < -0.39 is 0 Å². The fraction of sp³-hybridized carbons (Fsp3) is 0.533. The van der Waals surface area contributed by atoms with Gasteiger partial charge in [0, 0.05) is 11.6 Å².